The molecule has 2 rings (SSSR count). The molecule has 0 fully saturated rings. The SMILES string of the molecule is O=C(NCC(Br)c1ccccc1)c1cc(Cl)ccc1Br. The number of hydrogen-bond acceptors (Lipinski definition) is 1. The summed E-state index contributed by atoms with van der Waals surface area (Å²) >= 11 is 12.8. The zero-order valence-corrected chi connectivity index (χ0v) is 14.4. The van der Waals surface area contributed by atoms with Gasteiger partial charge in [-0.25, -0.2) is 0 Å². The lowest BCUT2D eigenvalue weighted by Gasteiger charge is -2.12. The van der Waals surface area contributed by atoms with Crippen molar-refractivity contribution in [1.29, 1.82) is 0 Å². The highest BCUT2D eigenvalue weighted by Gasteiger charge is 2.13. The van der Waals surface area contributed by atoms with Crippen LogP contribution in [-0.4, -0.2) is 12.5 Å². The Hall–Kier alpha value is -0.840. The summed E-state index contributed by atoms with van der Waals surface area (Å²) in [5.74, 6) is -0.153. The van der Waals surface area contributed by atoms with Crippen molar-refractivity contribution in [2.75, 3.05) is 6.54 Å². The number of benzene rings is 2. The average molecular weight is 418 g/mol. The maximum Gasteiger partial charge on any atom is 0.252 e. The number of carbonyl (C=O) groups excluding carboxylic acids is 1. The Bertz CT molecular complexity index is 604. The van der Waals surface area contributed by atoms with Crippen LogP contribution in [0.25, 0.3) is 0 Å². The van der Waals surface area contributed by atoms with Crippen molar-refractivity contribution in [2.24, 2.45) is 0 Å². The molecule has 0 aliphatic rings. The summed E-state index contributed by atoms with van der Waals surface area (Å²) in [6.07, 6.45) is 0. The summed E-state index contributed by atoms with van der Waals surface area (Å²) < 4.78 is 0.727. The number of alkyl halides is 1. The zero-order chi connectivity index (χ0) is 14.5. The fraction of sp³-hybridized carbons (Fsp3) is 0.133. The molecule has 20 heavy (non-hydrogen) atoms. The third kappa shape index (κ3) is 4.08. The topological polar surface area (TPSA) is 29.1 Å². The Morgan fingerprint density at radius 3 is 2.60 bits per heavy atom. The van der Waals surface area contributed by atoms with Crippen LogP contribution < -0.4 is 5.32 Å². The first kappa shape index (κ1) is 15.5. The summed E-state index contributed by atoms with van der Waals surface area (Å²) in [5.41, 5.74) is 1.66. The average Bonchev–Trinajstić information content (AvgIpc) is 2.47. The summed E-state index contributed by atoms with van der Waals surface area (Å²) in [4.78, 5) is 12.2. The quantitative estimate of drug-likeness (QED) is 0.700. The fourth-order valence-electron chi connectivity index (χ4n) is 1.73. The summed E-state index contributed by atoms with van der Waals surface area (Å²) in [6, 6.07) is 15.1. The van der Waals surface area contributed by atoms with Gasteiger partial charge >= 0.3 is 0 Å². The van der Waals surface area contributed by atoms with Crippen LogP contribution in [0.3, 0.4) is 0 Å². The van der Waals surface area contributed by atoms with Gasteiger partial charge in [0.1, 0.15) is 0 Å². The predicted molar refractivity (Wildman–Crippen MR) is 89.6 cm³/mol. The molecule has 0 heterocycles. The number of hydrogen-bond donors (Lipinski definition) is 1. The molecule has 2 aromatic rings. The summed E-state index contributed by atoms with van der Waals surface area (Å²) in [6.45, 7) is 0.502. The van der Waals surface area contributed by atoms with Crippen molar-refractivity contribution in [3.05, 3.63) is 69.2 Å². The molecule has 1 atom stereocenters. The van der Waals surface area contributed by atoms with Gasteiger partial charge in [-0.3, -0.25) is 4.79 Å². The highest BCUT2D eigenvalue weighted by molar-refractivity contribution is 9.10. The lowest BCUT2D eigenvalue weighted by molar-refractivity contribution is 0.0953. The van der Waals surface area contributed by atoms with Gasteiger partial charge in [-0.2, -0.15) is 0 Å². The number of carbonyl (C=O) groups is 1. The molecule has 1 unspecified atom stereocenters. The zero-order valence-electron chi connectivity index (χ0n) is 10.4. The van der Waals surface area contributed by atoms with Crippen molar-refractivity contribution < 1.29 is 4.79 Å². The van der Waals surface area contributed by atoms with Crippen LogP contribution in [0.1, 0.15) is 20.7 Å². The molecule has 2 nitrogen and oxygen atoms in total. The minimum atomic E-state index is -0.153. The van der Waals surface area contributed by atoms with E-state index in [1.54, 1.807) is 18.2 Å². The molecule has 0 aliphatic carbocycles. The van der Waals surface area contributed by atoms with E-state index >= 15 is 0 Å². The van der Waals surface area contributed by atoms with Gasteiger partial charge in [0, 0.05) is 16.0 Å². The molecule has 1 amide bonds. The molecule has 0 aliphatic heterocycles. The lowest BCUT2D eigenvalue weighted by atomic mass is 10.1. The molecule has 0 saturated carbocycles. The van der Waals surface area contributed by atoms with Crippen LogP contribution in [0, 0.1) is 0 Å². The van der Waals surface area contributed by atoms with Crippen molar-refractivity contribution in [3.63, 3.8) is 0 Å². The highest BCUT2D eigenvalue weighted by Crippen LogP contribution is 2.23. The Kier molecular flexibility index (Phi) is 5.64. The monoisotopic (exact) mass is 415 g/mol. The summed E-state index contributed by atoms with van der Waals surface area (Å²) in [7, 11) is 0. The third-order valence-corrected chi connectivity index (χ3v) is 4.56. The second-order valence-electron chi connectivity index (χ2n) is 4.21. The van der Waals surface area contributed by atoms with E-state index in [2.05, 4.69) is 37.2 Å². The van der Waals surface area contributed by atoms with Crippen LogP contribution in [0.5, 0.6) is 0 Å². The molecular formula is C15H12Br2ClNO. The molecule has 0 radical (unpaired) electrons. The standard InChI is InChI=1S/C15H12Br2ClNO/c16-13-7-6-11(18)8-12(13)15(20)19-9-14(17)10-4-2-1-3-5-10/h1-8,14H,9H2,(H,19,20). The van der Waals surface area contributed by atoms with E-state index in [0.29, 0.717) is 17.1 Å². The van der Waals surface area contributed by atoms with Crippen molar-refractivity contribution in [3.8, 4) is 0 Å². The molecule has 2 aromatic carbocycles. The van der Waals surface area contributed by atoms with Crippen LogP contribution in [-0.2, 0) is 0 Å². The first-order valence-corrected chi connectivity index (χ1v) is 8.09. The first-order chi connectivity index (χ1) is 9.58. The van der Waals surface area contributed by atoms with Crippen LogP contribution >= 0.6 is 43.5 Å². The van der Waals surface area contributed by atoms with Gasteiger partial charge in [0.15, 0.2) is 0 Å². The number of halogens is 3. The minimum absolute atomic E-state index is 0.0746. The maximum atomic E-state index is 12.1. The molecule has 0 bridgehead atoms. The van der Waals surface area contributed by atoms with Gasteiger partial charge in [-0.05, 0) is 39.7 Å². The van der Waals surface area contributed by atoms with E-state index in [-0.39, 0.29) is 10.7 Å². The highest BCUT2D eigenvalue weighted by atomic mass is 79.9. The third-order valence-electron chi connectivity index (χ3n) is 2.78. The van der Waals surface area contributed by atoms with E-state index in [0.717, 1.165) is 10.0 Å². The number of amides is 1. The maximum absolute atomic E-state index is 12.1. The normalized spacial score (nSPS) is 11.9. The predicted octanol–water partition coefficient (Wildman–Crippen LogP) is 4.97. The van der Waals surface area contributed by atoms with Crippen LogP contribution in [0.15, 0.2) is 53.0 Å². The fourth-order valence-corrected chi connectivity index (χ4v) is 2.79. The van der Waals surface area contributed by atoms with Crippen molar-refractivity contribution in [2.45, 2.75) is 4.83 Å². The summed E-state index contributed by atoms with van der Waals surface area (Å²) in [5, 5.41) is 3.43. The Morgan fingerprint density at radius 2 is 1.90 bits per heavy atom. The minimum Gasteiger partial charge on any atom is -0.351 e. The van der Waals surface area contributed by atoms with Gasteiger partial charge in [0.25, 0.3) is 5.91 Å². The van der Waals surface area contributed by atoms with Crippen molar-refractivity contribution >= 4 is 49.4 Å². The molecule has 104 valence electrons. The number of nitrogens with one attached hydrogen (secondary N) is 1. The molecular weight excluding hydrogens is 405 g/mol. The van der Waals surface area contributed by atoms with E-state index < -0.39 is 0 Å². The Morgan fingerprint density at radius 1 is 1.20 bits per heavy atom. The number of rotatable bonds is 4. The van der Waals surface area contributed by atoms with Crippen LogP contribution in [0.4, 0.5) is 0 Å². The van der Waals surface area contributed by atoms with Crippen LogP contribution in [0.2, 0.25) is 5.02 Å². The van der Waals surface area contributed by atoms with E-state index in [9.17, 15) is 4.79 Å². The van der Waals surface area contributed by atoms with E-state index in [4.69, 9.17) is 11.6 Å². The second kappa shape index (κ2) is 7.25. The Labute approximate surface area is 139 Å². The van der Waals surface area contributed by atoms with E-state index in [1.807, 2.05) is 30.3 Å². The van der Waals surface area contributed by atoms with Gasteiger partial charge in [-0.15, -0.1) is 0 Å². The van der Waals surface area contributed by atoms with Gasteiger partial charge in [-0.1, -0.05) is 57.9 Å². The first-order valence-electron chi connectivity index (χ1n) is 6.00. The van der Waals surface area contributed by atoms with E-state index in [1.165, 1.54) is 0 Å². The smallest absolute Gasteiger partial charge is 0.252 e. The Balaban J connectivity index is 2.00. The second-order valence-corrected chi connectivity index (χ2v) is 6.61. The molecule has 0 aromatic heterocycles. The molecule has 5 heteroatoms. The molecule has 1 N–H and O–H groups in total. The largest absolute Gasteiger partial charge is 0.351 e. The van der Waals surface area contributed by atoms with Gasteiger partial charge in [0.2, 0.25) is 0 Å². The molecule has 0 saturated heterocycles. The van der Waals surface area contributed by atoms with Gasteiger partial charge < -0.3 is 5.32 Å². The van der Waals surface area contributed by atoms with Crippen molar-refractivity contribution in [1.82, 2.24) is 5.32 Å². The molecule has 0 spiro atoms. The lowest BCUT2D eigenvalue weighted by Crippen LogP contribution is -2.27. The van der Waals surface area contributed by atoms with Gasteiger partial charge in [0.05, 0.1) is 10.4 Å².